The summed E-state index contributed by atoms with van der Waals surface area (Å²) in [7, 11) is 0. The van der Waals surface area contributed by atoms with E-state index in [1.165, 1.54) is 12.0 Å². The molecule has 2 aromatic carbocycles. The van der Waals surface area contributed by atoms with Gasteiger partial charge in [0, 0.05) is 30.0 Å². The molecular weight excluding hydrogens is 338 g/mol. The molecule has 1 heterocycles. The molecule has 0 saturated carbocycles. The van der Waals surface area contributed by atoms with Crippen LogP contribution in [0.4, 0.5) is 11.4 Å². The van der Waals surface area contributed by atoms with Crippen LogP contribution >= 0.6 is 0 Å². The van der Waals surface area contributed by atoms with Crippen LogP contribution < -0.4 is 10.6 Å². The number of rotatable bonds is 5. The van der Waals surface area contributed by atoms with Gasteiger partial charge >= 0.3 is 0 Å². The van der Waals surface area contributed by atoms with Crippen LogP contribution in [0.5, 0.6) is 0 Å². The summed E-state index contributed by atoms with van der Waals surface area (Å²) in [6.07, 6.45) is 3.34. The Morgan fingerprint density at radius 3 is 2.52 bits per heavy atom. The summed E-state index contributed by atoms with van der Waals surface area (Å²) in [5.41, 5.74) is 4.46. The molecule has 1 fully saturated rings. The van der Waals surface area contributed by atoms with Gasteiger partial charge < -0.3 is 15.5 Å². The predicted octanol–water partition coefficient (Wildman–Crippen LogP) is 3.98. The van der Waals surface area contributed by atoms with Gasteiger partial charge in [-0.3, -0.25) is 9.59 Å². The molecule has 0 bridgehead atoms. The number of benzene rings is 2. The molecule has 27 heavy (non-hydrogen) atoms. The Kier molecular flexibility index (Phi) is 6.12. The molecule has 0 spiro atoms. The van der Waals surface area contributed by atoms with Gasteiger partial charge in [0.1, 0.15) is 0 Å². The fraction of sp³-hybridized carbons (Fsp3) is 0.364. The maximum absolute atomic E-state index is 12.6. The summed E-state index contributed by atoms with van der Waals surface area (Å²) in [6, 6.07) is 13.3. The van der Waals surface area contributed by atoms with Crippen LogP contribution in [-0.2, 0) is 4.79 Å². The van der Waals surface area contributed by atoms with Crippen LogP contribution in [0.3, 0.4) is 0 Å². The van der Waals surface area contributed by atoms with Crippen LogP contribution in [0.15, 0.2) is 42.5 Å². The number of hydrogen-bond donors (Lipinski definition) is 2. The number of aryl methyl sites for hydroxylation is 2. The minimum absolute atomic E-state index is 0.0677. The highest BCUT2D eigenvalue weighted by atomic mass is 16.2. The van der Waals surface area contributed by atoms with Gasteiger partial charge in [-0.2, -0.15) is 0 Å². The molecule has 5 heteroatoms. The summed E-state index contributed by atoms with van der Waals surface area (Å²) in [5, 5.41) is 6.03. The van der Waals surface area contributed by atoms with Crippen molar-refractivity contribution in [1.29, 1.82) is 0 Å². The number of hydrogen-bond acceptors (Lipinski definition) is 3. The summed E-state index contributed by atoms with van der Waals surface area (Å²) in [5.74, 6) is -0.0483. The van der Waals surface area contributed by atoms with Crippen molar-refractivity contribution in [3.05, 3.63) is 59.2 Å². The molecule has 142 valence electrons. The second-order valence-electron chi connectivity index (χ2n) is 7.15. The molecule has 2 N–H and O–H groups in total. The van der Waals surface area contributed by atoms with Crippen molar-refractivity contribution >= 4 is 23.2 Å². The Bertz CT molecular complexity index is 826. The lowest BCUT2D eigenvalue weighted by atomic mass is 10.1. The first-order valence-electron chi connectivity index (χ1n) is 9.53. The quantitative estimate of drug-likeness (QED) is 0.842. The number of anilines is 2. The van der Waals surface area contributed by atoms with Gasteiger partial charge in [-0.15, -0.1) is 0 Å². The molecule has 5 nitrogen and oxygen atoms in total. The first-order chi connectivity index (χ1) is 13.0. The van der Waals surface area contributed by atoms with E-state index in [9.17, 15) is 9.59 Å². The molecule has 1 aliphatic rings. The average Bonchev–Trinajstić information content (AvgIpc) is 2.69. The lowest BCUT2D eigenvalue weighted by Crippen LogP contribution is -2.35. The summed E-state index contributed by atoms with van der Waals surface area (Å²) >= 11 is 0. The third-order valence-electron chi connectivity index (χ3n) is 4.86. The lowest BCUT2D eigenvalue weighted by molar-refractivity contribution is -0.114. The largest absolute Gasteiger partial charge is 0.376 e. The number of likely N-dealkylation sites (tertiary alicyclic amines) is 1. The Balaban J connectivity index is 1.57. The van der Waals surface area contributed by atoms with Gasteiger partial charge in [-0.05, 0) is 62.9 Å². The van der Waals surface area contributed by atoms with Gasteiger partial charge in [0.2, 0.25) is 5.91 Å². The highest BCUT2D eigenvalue weighted by molar-refractivity contribution is 5.96. The SMILES string of the molecule is Cc1ccc(NC(=O)CNc2cccc(C(=O)N3CCCCC3)c2)c(C)c1. The Labute approximate surface area is 160 Å². The average molecular weight is 365 g/mol. The van der Waals surface area contributed by atoms with E-state index in [1.807, 2.05) is 61.2 Å². The minimum atomic E-state index is -0.116. The molecule has 0 unspecified atom stereocenters. The van der Waals surface area contributed by atoms with Gasteiger partial charge in [-0.1, -0.05) is 23.8 Å². The van der Waals surface area contributed by atoms with Crippen LogP contribution in [0.25, 0.3) is 0 Å². The first-order valence-corrected chi connectivity index (χ1v) is 9.53. The normalized spacial score (nSPS) is 13.9. The maximum atomic E-state index is 12.6. The smallest absolute Gasteiger partial charge is 0.253 e. The van der Waals surface area contributed by atoms with Crippen LogP contribution in [-0.4, -0.2) is 36.3 Å². The molecule has 3 rings (SSSR count). The monoisotopic (exact) mass is 365 g/mol. The molecule has 0 radical (unpaired) electrons. The van der Waals surface area contributed by atoms with E-state index in [-0.39, 0.29) is 18.4 Å². The van der Waals surface area contributed by atoms with Gasteiger partial charge in [-0.25, -0.2) is 0 Å². The predicted molar refractivity (Wildman–Crippen MR) is 109 cm³/mol. The fourth-order valence-electron chi connectivity index (χ4n) is 3.37. The van der Waals surface area contributed by atoms with E-state index < -0.39 is 0 Å². The van der Waals surface area contributed by atoms with Gasteiger partial charge in [0.25, 0.3) is 5.91 Å². The van der Waals surface area contributed by atoms with Crippen molar-refractivity contribution in [2.24, 2.45) is 0 Å². The van der Waals surface area contributed by atoms with Crippen LogP contribution in [0, 0.1) is 13.8 Å². The number of carbonyl (C=O) groups is 2. The zero-order valence-corrected chi connectivity index (χ0v) is 16.0. The number of nitrogens with zero attached hydrogens (tertiary/aromatic N) is 1. The second kappa shape index (κ2) is 8.71. The molecule has 1 aliphatic heterocycles. The summed E-state index contributed by atoms with van der Waals surface area (Å²) < 4.78 is 0. The van der Waals surface area contributed by atoms with Crippen molar-refractivity contribution in [3.8, 4) is 0 Å². The number of carbonyl (C=O) groups excluding carboxylic acids is 2. The zero-order chi connectivity index (χ0) is 19.2. The minimum Gasteiger partial charge on any atom is -0.376 e. The summed E-state index contributed by atoms with van der Waals surface area (Å²) in [6.45, 7) is 5.81. The van der Waals surface area contributed by atoms with E-state index in [1.54, 1.807) is 0 Å². The number of nitrogens with one attached hydrogen (secondary N) is 2. The molecule has 1 saturated heterocycles. The molecule has 0 aromatic heterocycles. The second-order valence-corrected chi connectivity index (χ2v) is 7.15. The van der Waals surface area contributed by atoms with E-state index in [0.29, 0.717) is 5.56 Å². The van der Waals surface area contributed by atoms with E-state index in [2.05, 4.69) is 10.6 Å². The molecule has 0 aliphatic carbocycles. The van der Waals surface area contributed by atoms with E-state index >= 15 is 0 Å². The van der Waals surface area contributed by atoms with Gasteiger partial charge in [0.15, 0.2) is 0 Å². The Morgan fingerprint density at radius 1 is 1.00 bits per heavy atom. The van der Waals surface area contributed by atoms with Crippen molar-refractivity contribution in [3.63, 3.8) is 0 Å². The Morgan fingerprint density at radius 2 is 1.78 bits per heavy atom. The zero-order valence-electron chi connectivity index (χ0n) is 16.0. The fourth-order valence-corrected chi connectivity index (χ4v) is 3.37. The highest BCUT2D eigenvalue weighted by Crippen LogP contribution is 2.17. The third-order valence-corrected chi connectivity index (χ3v) is 4.86. The standard InChI is InChI=1S/C22H27N3O2/c1-16-9-10-20(17(2)13-16)24-21(26)15-23-19-8-6-7-18(14-19)22(27)25-11-4-3-5-12-25/h6-10,13-14,23H,3-5,11-12,15H2,1-2H3,(H,24,26). The highest BCUT2D eigenvalue weighted by Gasteiger charge is 2.18. The van der Waals surface area contributed by atoms with Crippen molar-refractivity contribution < 1.29 is 9.59 Å². The molecule has 2 amide bonds. The molecule has 0 atom stereocenters. The van der Waals surface area contributed by atoms with Crippen molar-refractivity contribution in [2.75, 3.05) is 30.3 Å². The van der Waals surface area contributed by atoms with Crippen molar-refractivity contribution in [2.45, 2.75) is 33.1 Å². The Hall–Kier alpha value is -2.82. The topological polar surface area (TPSA) is 61.4 Å². The summed E-state index contributed by atoms with van der Waals surface area (Å²) in [4.78, 5) is 26.8. The lowest BCUT2D eigenvalue weighted by Gasteiger charge is -2.26. The maximum Gasteiger partial charge on any atom is 0.253 e. The van der Waals surface area contributed by atoms with E-state index in [4.69, 9.17) is 0 Å². The third kappa shape index (κ3) is 5.09. The van der Waals surface area contributed by atoms with Crippen LogP contribution in [0.2, 0.25) is 0 Å². The number of amides is 2. The van der Waals surface area contributed by atoms with Crippen LogP contribution in [0.1, 0.15) is 40.7 Å². The number of piperidine rings is 1. The van der Waals surface area contributed by atoms with Crippen molar-refractivity contribution in [1.82, 2.24) is 4.90 Å². The molecular formula is C22H27N3O2. The van der Waals surface area contributed by atoms with Gasteiger partial charge in [0.05, 0.1) is 6.54 Å². The van der Waals surface area contributed by atoms with E-state index in [0.717, 1.165) is 42.9 Å². The molecule has 2 aromatic rings. The first kappa shape index (κ1) is 19.0.